The Labute approximate surface area is 172 Å². The molecular weight excluding hydrogens is 365 g/mol. The van der Waals surface area contributed by atoms with Crippen LogP contribution in [0.3, 0.4) is 0 Å². The number of benzene rings is 2. The predicted octanol–water partition coefficient (Wildman–Crippen LogP) is 4.50. The zero-order valence-electron chi connectivity index (χ0n) is 16.9. The van der Waals surface area contributed by atoms with Crippen LogP contribution in [0.1, 0.15) is 35.7 Å². The van der Waals surface area contributed by atoms with Gasteiger partial charge in [-0.2, -0.15) is 0 Å². The van der Waals surface area contributed by atoms with E-state index in [1.54, 1.807) is 7.11 Å². The number of piperidine rings is 1. The Balaban J connectivity index is 1.29. The number of ether oxygens (including phenoxy) is 1. The molecule has 1 aliphatic rings. The summed E-state index contributed by atoms with van der Waals surface area (Å²) in [6, 6.07) is 15.1. The molecule has 0 spiro atoms. The van der Waals surface area contributed by atoms with Gasteiger partial charge in [0.1, 0.15) is 17.4 Å². The van der Waals surface area contributed by atoms with Gasteiger partial charge in [0.2, 0.25) is 0 Å². The second-order valence-corrected chi connectivity index (χ2v) is 7.75. The number of aromatic nitrogens is 2. The van der Waals surface area contributed by atoms with Crippen molar-refractivity contribution in [3.05, 3.63) is 83.7 Å². The molecule has 0 unspecified atom stereocenters. The van der Waals surface area contributed by atoms with Gasteiger partial charge >= 0.3 is 0 Å². The lowest BCUT2D eigenvalue weighted by atomic mass is 9.95. The lowest BCUT2D eigenvalue weighted by molar-refractivity contribution is 0.210. The first kappa shape index (κ1) is 19.6. The molecule has 4 nitrogen and oxygen atoms in total. The topological polar surface area (TPSA) is 30.3 Å². The highest BCUT2D eigenvalue weighted by Crippen LogP contribution is 2.27. The van der Waals surface area contributed by atoms with Crippen LogP contribution in [-0.4, -0.2) is 41.2 Å². The average Bonchev–Trinajstić information content (AvgIpc) is 3.23. The molecule has 5 heteroatoms. The monoisotopic (exact) mass is 393 g/mol. The molecule has 1 aliphatic heterocycles. The summed E-state index contributed by atoms with van der Waals surface area (Å²) in [6.07, 6.45) is 7.24. The molecule has 29 heavy (non-hydrogen) atoms. The van der Waals surface area contributed by atoms with Crippen LogP contribution in [0.2, 0.25) is 0 Å². The van der Waals surface area contributed by atoms with E-state index in [-0.39, 0.29) is 5.82 Å². The normalized spacial score (nSPS) is 15.5. The summed E-state index contributed by atoms with van der Waals surface area (Å²) in [4.78, 5) is 7.20. The Bertz CT molecular complexity index is 897. The zero-order chi connectivity index (χ0) is 20.1. The van der Waals surface area contributed by atoms with E-state index in [4.69, 9.17) is 4.74 Å². The third-order valence-electron chi connectivity index (χ3n) is 5.84. The largest absolute Gasteiger partial charge is 0.497 e. The van der Waals surface area contributed by atoms with Crippen molar-refractivity contribution in [2.45, 2.75) is 31.7 Å². The molecular formula is C24H28FN3O. The first-order chi connectivity index (χ1) is 14.2. The number of halogens is 1. The minimum atomic E-state index is -0.193. The second-order valence-electron chi connectivity index (χ2n) is 7.75. The molecule has 2 aromatic carbocycles. The van der Waals surface area contributed by atoms with Gasteiger partial charge in [-0.1, -0.05) is 24.3 Å². The Morgan fingerprint density at radius 2 is 1.69 bits per heavy atom. The van der Waals surface area contributed by atoms with E-state index < -0.39 is 0 Å². The van der Waals surface area contributed by atoms with E-state index in [1.807, 2.05) is 36.7 Å². The summed E-state index contributed by atoms with van der Waals surface area (Å²) in [5, 5.41) is 0. The number of methoxy groups -OCH3 is 1. The maximum absolute atomic E-state index is 13.1. The molecule has 0 radical (unpaired) electrons. The molecule has 1 aromatic heterocycles. The first-order valence-corrected chi connectivity index (χ1v) is 10.3. The number of nitrogens with zero attached hydrogens (tertiary/aromatic N) is 3. The van der Waals surface area contributed by atoms with Crippen LogP contribution in [0, 0.1) is 5.82 Å². The summed E-state index contributed by atoms with van der Waals surface area (Å²) in [7, 11) is 1.70. The Kier molecular flexibility index (Phi) is 6.25. The third-order valence-corrected chi connectivity index (χ3v) is 5.84. The van der Waals surface area contributed by atoms with Gasteiger partial charge in [-0.25, -0.2) is 9.37 Å². The number of imidazole rings is 1. The molecule has 0 saturated carbocycles. The van der Waals surface area contributed by atoms with Crippen molar-refractivity contribution < 1.29 is 9.13 Å². The summed E-state index contributed by atoms with van der Waals surface area (Å²) < 4.78 is 20.6. The van der Waals surface area contributed by atoms with Gasteiger partial charge < -0.3 is 14.2 Å². The van der Waals surface area contributed by atoms with E-state index in [9.17, 15) is 4.39 Å². The van der Waals surface area contributed by atoms with Crippen molar-refractivity contribution in [1.29, 1.82) is 0 Å². The SMILES string of the molecule is COc1ccc(CCN2CCC(c3nccn3Cc3ccc(F)cc3)CC2)cc1. The van der Waals surface area contributed by atoms with Crippen LogP contribution in [0.4, 0.5) is 4.39 Å². The van der Waals surface area contributed by atoms with Crippen molar-refractivity contribution in [3.8, 4) is 5.75 Å². The van der Waals surface area contributed by atoms with Gasteiger partial charge in [-0.3, -0.25) is 0 Å². The second kappa shape index (κ2) is 9.23. The van der Waals surface area contributed by atoms with E-state index >= 15 is 0 Å². The fraction of sp³-hybridized carbons (Fsp3) is 0.375. The molecule has 152 valence electrons. The number of hydrogen-bond acceptors (Lipinski definition) is 3. The van der Waals surface area contributed by atoms with Crippen molar-refractivity contribution in [2.24, 2.45) is 0 Å². The molecule has 0 amide bonds. The van der Waals surface area contributed by atoms with Gasteiger partial charge in [0.15, 0.2) is 0 Å². The minimum absolute atomic E-state index is 0.193. The average molecular weight is 394 g/mol. The zero-order valence-corrected chi connectivity index (χ0v) is 16.9. The summed E-state index contributed by atoms with van der Waals surface area (Å²) >= 11 is 0. The molecule has 2 heterocycles. The van der Waals surface area contributed by atoms with Gasteiger partial charge in [0.25, 0.3) is 0 Å². The molecule has 0 atom stereocenters. The number of rotatable bonds is 7. The summed E-state index contributed by atoms with van der Waals surface area (Å²) in [5.74, 6) is 2.36. The predicted molar refractivity (Wildman–Crippen MR) is 113 cm³/mol. The van der Waals surface area contributed by atoms with Crippen molar-refractivity contribution in [2.75, 3.05) is 26.7 Å². The molecule has 4 rings (SSSR count). The van der Waals surface area contributed by atoms with Crippen molar-refractivity contribution in [3.63, 3.8) is 0 Å². The van der Waals surface area contributed by atoms with Crippen LogP contribution in [0.5, 0.6) is 5.75 Å². The molecule has 3 aromatic rings. The highest BCUT2D eigenvalue weighted by Gasteiger charge is 2.23. The highest BCUT2D eigenvalue weighted by molar-refractivity contribution is 5.27. The third kappa shape index (κ3) is 5.04. The van der Waals surface area contributed by atoms with Crippen LogP contribution in [0.15, 0.2) is 60.9 Å². The number of likely N-dealkylation sites (tertiary alicyclic amines) is 1. The van der Waals surface area contributed by atoms with Crippen LogP contribution < -0.4 is 4.74 Å². The standard InChI is InChI=1S/C24H28FN3O/c1-29-23-8-4-19(5-9-23)10-14-27-15-11-21(12-16-27)24-26-13-17-28(24)18-20-2-6-22(25)7-3-20/h2-9,13,17,21H,10-12,14-16,18H2,1H3. The quantitative estimate of drug-likeness (QED) is 0.592. The highest BCUT2D eigenvalue weighted by atomic mass is 19.1. The lowest BCUT2D eigenvalue weighted by Gasteiger charge is -2.32. The van der Waals surface area contributed by atoms with E-state index in [2.05, 4.69) is 26.6 Å². The molecule has 0 aliphatic carbocycles. The van der Waals surface area contributed by atoms with Crippen LogP contribution >= 0.6 is 0 Å². The Hall–Kier alpha value is -2.66. The smallest absolute Gasteiger partial charge is 0.123 e. The van der Waals surface area contributed by atoms with E-state index in [0.717, 1.165) is 62.6 Å². The van der Waals surface area contributed by atoms with Crippen molar-refractivity contribution >= 4 is 0 Å². The maximum Gasteiger partial charge on any atom is 0.123 e. The van der Waals surface area contributed by atoms with Gasteiger partial charge in [-0.05, 0) is 67.7 Å². The molecule has 0 bridgehead atoms. The van der Waals surface area contributed by atoms with Gasteiger partial charge in [0, 0.05) is 31.4 Å². The fourth-order valence-electron chi connectivity index (χ4n) is 4.10. The molecule has 1 saturated heterocycles. The summed E-state index contributed by atoms with van der Waals surface area (Å²) in [6.45, 7) is 4.03. The van der Waals surface area contributed by atoms with Crippen molar-refractivity contribution in [1.82, 2.24) is 14.5 Å². The number of hydrogen-bond donors (Lipinski definition) is 0. The van der Waals surface area contributed by atoms with E-state index in [1.165, 1.54) is 17.7 Å². The Morgan fingerprint density at radius 1 is 1.00 bits per heavy atom. The van der Waals surface area contributed by atoms with E-state index in [0.29, 0.717) is 5.92 Å². The lowest BCUT2D eigenvalue weighted by Crippen LogP contribution is -2.35. The molecule has 0 N–H and O–H groups in total. The molecule has 1 fully saturated rings. The van der Waals surface area contributed by atoms with Crippen LogP contribution in [-0.2, 0) is 13.0 Å². The van der Waals surface area contributed by atoms with Gasteiger partial charge in [0.05, 0.1) is 7.11 Å². The fourth-order valence-corrected chi connectivity index (χ4v) is 4.10. The van der Waals surface area contributed by atoms with Crippen LogP contribution in [0.25, 0.3) is 0 Å². The maximum atomic E-state index is 13.1. The first-order valence-electron chi connectivity index (χ1n) is 10.3. The minimum Gasteiger partial charge on any atom is -0.497 e. The van der Waals surface area contributed by atoms with Gasteiger partial charge in [-0.15, -0.1) is 0 Å². The Morgan fingerprint density at radius 3 is 2.38 bits per heavy atom. The summed E-state index contributed by atoms with van der Waals surface area (Å²) in [5.41, 5.74) is 2.45.